The Morgan fingerprint density at radius 1 is 0.500 bits per heavy atom. The first-order chi connectivity index (χ1) is 38.7. The van der Waals surface area contributed by atoms with Crippen LogP contribution in [0.1, 0.15) is 37.3 Å². The van der Waals surface area contributed by atoms with Crippen molar-refractivity contribution in [1.29, 1.82) is 0 Å². The van der Waals surface area contributed by atoms with Gasteiger partial charge in [-0.2, -0.15) is 19.9 Å². The van der Waals surface area contributed by atoms with Crippen LogP contribution in [-0.4, -0.2) is 176 Å². The van der Waals surface area contributed by atoms with E-state index in [-0.39, 0.29) is 71.3 Å². The zero-order valence-corrected chi connectivity index (χ0v) is 47.0. The summed E-state index contributed by atoms with van der Waals surface area (Å²) < 4.78 is 90.8. The molecule has 80 heavy (non-hydrogen) atoms. The zero-order chi connectivity index (χ0) is 56.6. The molecule has 8 aromatic heterocycles. The minimum Gasteiger partial charge on any atom is -0.481 e. The van der Waals surface area contributed by atoms with Gasteiger partial charge in [-0.05, 0) is 37.8 Å². The van der Waals surface area contributed by atoms with Crippen LogP contribution in [0.5, 0.6) is 35.3 Å². The number of methoxy groups -OCH3 is 6. The Morgan fingerprint density at radius 3 is 1.20 bits per heavy atom. The van der Waals surface area contributed by atoms with E-state index in [0.29, 0.717) is 83.9 Å². The van der Waals surface area contributed by atoms with Crippen molar-refractivity contribution in [3.63, 3.8) is 0 Å². The molecule has 0 bridgehead atoms. The number of halogens is 2. The van der Waals surface area contributed by atoms with Crippen molar-refractivity contribution in [3.05, 3.63) is 95.5 Å². The molecule has 0 N–H and O–H groups in total. The van der Waals surface area contributed by atoms with Gasteiger partial charge in [-0.3, -0.25) is 9.13 Å². The number of piperidine rings is 2. The Labute approximate surface area is 468 Å². The number of hydrogen-bond donors (Lipinski definition) is 0. The van der Waals surface area contributed by atoms with Crippen LogP contribution in [-0.2, 0) is 31.2 Å². The fraction of sp³-hybridized carbons (Fsp3) is 0.375. The average Bonchev–Trinajstić information content (AvgIpc) is 4.12. The third kappa shape index (κ3) is 12.3. The van der Waals surface area contributed by atoms with Crippen LogP contribution in [0.2, 0.25) is 10.0 Å². The van der Waals surface area contributed by atoms with Gasteiger partial charge in [0.05, 0.1) is 88.0 Å². The van der Waals surface area contributed by atoms with Gasteiger partial charge in [-0.1, -0.05) is 35.3 Å². The molecule has 0 aliphatic carbocycles. The molecule has 0 spiro atoms. The van der Waals surface area contributed by atoms with Crippen LogP contribution in [0.25, 0.3) is 34.4 Å². The smallest absolute Gasteiger partial charge is 0.245 e. The number of pyridine rings is 2. The van der Waals surface area contributed by atoms with Gasteiger partial charge in [0, 0.05) is 38.3 Å². The molecule has 10 rings (SSSR count). The second-order valence-corrected chi connectivity index (χ2v) is 23.0. The summed E-state index contributed by atoms with van der Waals surface area (Å²) >= 11 is 11.8. The van der Waals surface area contributed by atoms with Crippen LogP contribution < -0.4 is 38.2 Å². The van der Waals surface area contributed by atoms with E-state index < -0.39 is 41.7 Å². The molecule has 0 amide bonds. The maximum Gasteiger partial charge on any atom is 0.245 e. The lowest BCUT2D eigenvalue weighted by Crippen LogP contribution is -2.43. The van der Waals surface area contributed by atoms with E-state index >= 15 is 0 Å². The number of ether oxygens (including phenoxy) is 6. The van der Waals surface area contributed by atoms with Crippen LogP contribution in [0, 0.1) is 0 Å². The van der Waals surface area contributed by atoms with Crippen molar-refractivity contribution in [3.8, 4) is 69.7 Å². The number of hydrogen-bond acceptors (Lipinski definition) is 26. The molecule has 2 atom stereocenters. The first kappa shape index (κ1) is 56.5. The lowest BCUT2D eigenvalue weighted by Gasteiger charge is -2.32. The number of sulfone groups is 2. The van der Waals surface area contributed by atoms with E-state index in [1.807, 2.05) is 9.80 Å². The fourth-order valence-electron chi connectivity index (χ4n) is 8.96. The fourth-order valence-corrected chi connectivity index (χ4v) is 12.6. The van der Waals surface area contributed by atoms with E-state index in [1.54, 1.807) is 36.4 Å². The SMILES string of the molecule is COc1cccc(-c2nnc(CS(=O)(=O)C3CCCN(c4ncc(Cl)cn4)C3)n2-c2c(OC)ncnc2OC)n1.COc1cccc(-c2nnc(CS(=O)(=O)C3CCCN(c4ncc(Cl)cn4)C3)n2-c2c(OC)ncnc2OC)n1. The quantitative estimate of drug-likeness (QED) is 0.115. The summed E-state index contributed by atoms with van der Waals surface area (Å²) in [5.41, 5.74) is 1.24. The summed E-state index contributed by atoms with van der Waals surface area (Å²) in [4.78, 5) is 46.4. The second kappa shape index (κ2) is 24.8. The molecule has 32 heteroatoms. The summed E-state index contributed by atoms with van der Waals surface area (Å²) in [6, 6.07) is 10.2. The highest BCUT2D eigenvalue weighted by molar-refractivity contribution is 7.91. The lowest BCUT2D eigenvalue weighted by molar-refractivity contribution is 0.367. The molecule has 2 fully saturated rings. The minimum absolute atomic E-state index is 0.117. The monoisotopic (exact) mass is 1170 g/mol. The molecular weight excluding hydrogens is 1120 g/mol. The molecule has 28 nitrogen and oxygen atoms in total. The maximum atomic E-state index is 13.8. The predicted octanol–water partition coefficient (Wildman–Crippen LogP) is 4.34. The van der Waals surface area contributed by atoms with Gasteiger partial charge in [0.2, 0.25) is 47.2 Å². The number of rotatable bonds is 18. The number of anilines is 2. The number of nitrogens with zero attached hydrogens (tertiary/aromatic N) is 18. The van der Waals surface area contributed by atoms with Crippen molar-refractivity contribution in [2.75, 3.05) is 78.6 Å². The van der Waals surface area contributed by atoms with Gasteiger partial charge in [0.15, 0.2) is 54.3 Å². The molecule has 2 aliphatic heterocycles. The highest BCUT2D eigenvalue weighted by atomic mass is 35.5. The van der Waals surface area contributed by atoms with Crippen molar-refractivity contribution >= 4 is 54.8 Å². The Morgan fingerprint density at radius 2 is 0.863 bits per heavy atom. The number of aromatic nitrogens is 16. The molecule has 0 saturated carbocycles. The molecule has 2 saturated heterocycles. The molecule has 8 aromatic rings. The van der Waals surface area contributed by atoms with Crippen molar-refractivity contribution in [2.24, 2.45) is 0 Å². The van der Waals surface area contributed by atoms with Gasteiger partial charge < -0.3 is 38.2 Å². The van der Waals surface area contributed by atoms with Gasteiger partial charge in [0.25, 0.3) is 0 Å². The van der Waals surface area contributed by atoms with Crippen LogP contribution in [0.15, 0.2) is 73.8 Å². The Kier molecular flexibility index (Phi) is 17.5. The summed E-state index contributed by atoms with van der Waals surface area (Å²) in [5, 5.41) is 16.6. The molecule has 0 aromatic carbocycles. The van der Waals surface area contributed by atoms with Gasteiger partial charge in [0.1, 0.15) is 35.5 Å². The first-order valence-electron chi connectivity index (χ1n) is 24.3. The van der Waals surface area contributed by atoms with E-state index in [0.717, 1.165) is 0 Å². The molecule has 420 valence electrons. The van der Waals surface area contributed by atoms with Crippen LogP contribution in [0.4, 0.5) is 11.9 Å². The summed E-state index contributed by atoms with van der Waals surface area (Å²) in [6.45, 7) is 1.71. The third-order valence-corrected chi connectivity index (χ3v) is 17.2. The third-order valence-electron chi connectivity index (χ3n) is 12.7. The zero-order valence-electron chi connectivity index (χ0n) is 43.9. The van der Waals surface area contributed by atoms with Crippen molar-refractivity contribution in [2.45, 2.75) is 47.7 Å². The Bertz CT molecular complexity index is 3400. The lowest BCUT2D eigenvalue weighted by atomic mass is 10.1. The molecule has 2 aliphatic rings. The van der Waals surface area contributed by atoms with E-state index in [2.05, 4.69) is 70.2 Å². The average molecular weight is 1180 g/mol. The summed E-state index contributed by atoms with van der Waals surface area (Å²) in [5.74, 6) is 1.93. The highest BCUT2D eigenvalue weighted by Gasteiger charge is 2.37. The van der Waals surface area contributed by atoms with Gasteiger partial charge in [-0.25, -0.2) is 46.7 Å². The van der Waals surface area contributed by atoms with Crippen LogP contribution >= 0.6 is 23.2 Å². The maximum absolute atomic E-state index is 13.8. The second-order valence-electron chi connectivity index (χ2n) is 17.6. The van der Waals surface area contributed by atoms with Crippen molar-refractivity contribution in [1.82, 2.24) is 79.4 Å². The Balaban J connectivity index is 0.000000194. The molecule has 10 heterocycles. The summed E-state index contributed by atoms with van der Waals surface area (Å²) in [7, 11) is 1.23. The standard InChI is InChI=1S/2C24H26ClN9O5S/c2*1-37-19-8-4-7-17(30-19)21-32-31-18(34(21)20-22(38-2)28-14-29-23(20)39-3)13-40(35,36)16-6-5-9-33(12-16)24-26-10-15(25)11-27-24/h2*4,7-8,10-11,14,16H,5-6,9,12-13H2,1-3H3. The van der Waals surface area contributed by atoms with Crippen molar-refractivity contribution < 1.29 is 45.3 Å². The summed E-state index contributed by atoms with van der Waals surface area (Å²) in [6.07, 6.45) is 10.8. The molecule has 2 unspecified atom stereocenters. The molecule has 0 radical (unpaired) electrons. The van der Waals surface area contributed by atoms with E-state index in [4.69, 9.17) is 51.6 Å². The Hall–Kier alpha value is -8.22. The van der Waals surface area contributed by atoms with E-state index in [9.17, 15) is 16.8 Å². The highest BCUT2D eigenvalue weighted by Crippen LogP contribution is 2.37. The van der Waals surface area contributed by atoms with Gasteiger partial charge >= 0.3 is 0 Å². The molecular formula is C48H52Cl2N18O10S2. The minimum atomic E-state index is -3.75. The topological polar surface area (TPSA) is 320 Å². The van der Waals surface area contributed by atoms with Gasteiger partial charge in [-0.15, -0.1) is 20.4 Å². The first-order valence-corrected chi connectivity index (χ1v) is 28.5. The van der Waals surface area contributed by atoms with E-state index in [1.165, 1.54) is 89.2 Å². The normalized spacial score (nSPS) is 15.6. The van der Waals surface area contributed by atoms with Crippen LogP contribution in [0.3, 0.4) is 0 Å². The largest absolute Gasteiger partial charge is 0.481 e. The predicted molar refractivity (Wildman–Crippen MR) is 289 cm³/mol.